The average molecular weight is 323 g/mol. The van der Waals surface area contributed by atoms with Crippen molar-refractivity contribution in [2.75, 3.05) is 6.54 Å². The average Bonchev–Trinajstić information content (AvgIpc) is 3.02. The molecule has 118 valence electrons. The van der Waals surface area contributed by atoms with E-state index in [4.69, 9.17) is 10.8 Å². The fourth-order valence-electron chi connectivity index (χ4n) is 2.24. The molecule has 0 saturated carbocycles. The van der Waals surface area contributed by atoms with Crippen molar-refractivity contribution in [3.63, 3.8) is 0 Å². The van der Waals surface area contributed by atoms with Gasteiger partial charge in [0.25, 0.3) is 0 Å². The molecule has 1 heterocycles. The molecule has 6 heteroatoms. The number of halogens is 1. The van der Waals surface area contributed by atoms with Crippen LogP contribution >= 0.6 is 12.4 Å². The second kappa shape index (κ2) is 8.36. The Labute approximate surface area is 134 Å². The van der Waals surface area contributed by atoms with Gasteiger partial charge in [0.05, 0.1) is 0 Å². The third kappa shape index (κ3) is 4.72. The summed E-state index contributed by atoms with van der Waals surface area (Å²) in [4.78, 5) is 21.0. The number of amides is 1. The molecule has 0 radical (unpaired) electrons. The maximum atomic E-state index is 10.9. The SMILES string of the molecule is Cl.NC(=O)c1ccc2ccccc2c1.O=C(O)[C@@H]1CCCN1. The molecule has 0 unspecified atom stereocenters. The zero-order chi connectivity index (χ0) is 15.2. The van der Waals surface area contributed by atoms with Crippen LogP contribution in [0.1, 0.15) is 23.2 Å². The number of aliphatic carboxylic acids is 1. The van der Waals surface area contributed by atoms with Crippen molar-refractivity contribution in [1.82, 2.24) is 5.32 Å². The van der Waals surface area contributed by atoms with Gasteiger partial charge in [-0.05, 0) is 42.3 Å². The Hall–Kier alpha value is -2.11. The Morgan fingerprint density at radius 3 is 2.32 bits per heavy atom. The van der Waals surface area contributed by atoms with Crippen molar-refractivity contribution < 1.29 is 14.7 Å². The number of carbonyl (C=O) groups excluding carboxylic acids is 1. The van der Waals surface area contributed by atoms with Crippen molar-refractivity contribution in [1.29, 1.82) is 0 Å². The van der Waals surface area contributed by atoms with Crippen molar-refractivity contribution in [3.05, 3.63) is 48.0 Å². The highest BCUT2D eigenvalue weighted by Crippen LogP contribution is 2.14. The van der Waals surface area contributed by atoms with Gasteiger partial charge < -0.3 is 16.2 Å². The van der Waals surface area contributed by atoms with Crippen LogP contribution in [-0.4, -0.2) is 29.6 Å². The number of nitrogens with one attached hydrogen (secondary N) is 1. The molecule has 0 aromatic heterocycles. The van der Waals surface area contributed by atoms with Crippen molar-refractivity contribution >= 4 is 35.1 Å². The van der Waals surface area contributed by atoms with Crippen LogP contribution in [0.2, 0.25) is 0 Å². The van der Waals surface area contributed by atoms with Crippen LogP contribution in [-0.2, 0) is 4.79 Å². The fourth-order valence-corrected chi connectivity index (χ4v) is 2.24. The number of carboxylic acids is 1. The Kier molecular flexibility index (Phi) is 6.82. The zero-order valence-corrected chi connectivity index (χ0v) is 12.8. The lowest BCUT2D eigenvalue weighted by Gasteiger charge is -1.99. The highest BCUT2D eigenvalue weighted by molar-refractivity contribution is 5.97. The zero-order valence-electron chi connectivity index (χ0n) is 12.0. The Morgan fingerprint density at radius 2 is 1.82 bits per heavy atom. The van der Waals surface area contributed by atoms with Gasteiger partial charge in [0.1, 0.15) is 6.04 Å². The predicted molar refractivity (Wildman–Crippen MR) is 88.4 cm³/mol. The first-order valence-corrected chi connectivity index (χ1v) is 6.83. The lowest BCUT2D eigenvalue weighted by molar-refractivity contribution is -0.139. The topological polar surface area (TPSA) is 92.4 Å². The number of hydrogen-bond donors (Lipinski definition) is 3. The quantitative estimate of drug-likeness (QED) is 0.790. The fraction of sp³-hybridized carbons (Fsp3) is 0.250. The number of hydrogen-bond acceptors (Lipinski definition) is 3. The second-order valence-electron chi connectivity index (χ2n) is 4.91. The summed E-state index contributed by atoms with van der Waals surface area (Å²) in [5.74, 6) is -1.10. The molecule has 22 heavy (non-hydrogen) atoms. The van der Waals surface area contributed by atoms with Gasteiger partial charge in [0.15, 0.2) is 0 Å². The van der Waals surface area contributed by atoms with Crippen LogP contribution in [0, 0.1) is 0 Å². The third-order valence-electron chi connectivity index (χ3n) is 3.39. The summed E-state index contributed by atoms with van der Waals surface area (Å²) in [5, 5.41) is 13.4. The van der Waals surface area contributed by atoms with E-state index in [-0.39, 0.29) is 24.4 Å². The van der Waals surface area contributed by atoms with Gasteiger partial charge in [-0.1, -0.05) is 30.3 Å². The van der Waals surface area contributed by atoms with Crippen molar-refractivity contribution in [3.8, 4) is 0 Å². The molecule has 2 aromatic carbocycles. The molecule has 1 saturated heterocycles. The number of rotatable bonds is 2. The van der Waals surface area contributed by atoms with Crippen LogP contribution in [0.15, 0.2) is 42.5 Å². The minimum absolute atomic E-state index is 0. The molecule has 3 rings (SSSR count). The van der Waals surface area contributed by atoms with Crippen LogP contribution in [0.3, 0.4) is 0 Å². The highest BCUT2D eigenvalue weighted by atomic mass is 35.5. The number of primary amides is 1. The molecule has 4 N–H and O–H groups in total. The minimum atomic E-state index is -0.720. The molecule has 1 fully saturated rings. The molecule has 1 amide bonds. The van der Waals surface area contributed by atoms with E-state index in [0.717, 1.165) is 30.2 Å². The first-order valence-electron chi connectivity index (χ1n) is 6.83. The van der Waals surface area contributed by atoms with E-state index in [1.165, 1.54) is 0 Å². The second-order valence-corrected chi connectivity index (χ2v) is 4.91. The summed E-state index contributed by atoms with van der Waals surface area (Å²) in [6, 6.07) is 13.0. The monoisotopic (exact) mass is 322 g/mol. The number of carbonyl (C=O) groups is 2. The van der Waals surface area contributed by atoms with Gasteiger partial charge in [0.2, 0.25) is 5.91 Å². The van der Waals surface area contributed by atoms with E-state index < -0.39 is 5.97 Å². The number of nitrogens with two attached hydrogens (primary N) is 1. The maximum Gasteiger partial charge on any atom is 0.320 e. The Balaban J connectivity index is 0.000000234. The van der Waals surface area contributed by atoms with Crippen LogP contribution in [0.25, 0.3) is 10.8 Å². The largest absolute Gasteiger partial charge is 0.480 e. The maximum absolute atomic E-state index is 10.9. The van der Waals surface area contributed by atoms with E-state index in [1.54, 1.807) is 12.1 Å². The van der Waals surface area contributed by atoms with E-state index in [0.29, 0.717) is 5.56 Å². The minimum Gasteiger partial charge on any atom is -0.480 e. The van der Waals surface area contributed by atoms with Gasteiger partial charge in [0, 0.05) is 5.56 Å². The summed E-state index contributed by atoms with van der Waals surface area (Å²) in [6.45, 7) is 0.858. The van der Waals surface area contributed by atoms with E-state index >= 15 is 0 Å². The van der Waals surface area contributed by atoms with Crippen LogP contribution < -0.4 is 11.1 Å². The number of fused-ring (bicyclic) bond motifs is 1. The Morgan fingerprint density at radius 1 is 1.14 bits per heavy atom. The van der Waals surface area contributed by atoms with Crippen molar-refractivity contribution in [2.24, 2.45) is 5.73 Å². The molecule has 2 aromatic rings. The first kappa shape index (κ1) is 17.9. The third-order valence-corrected chi connectivity index (χ3v) is 3.39. The van der Waals surface area contributed by atoms with E-state index in [1.807, 2.05) is 30.3 Å². The highest BCUT2D eigenvalue weighted by Gasteiger charge is 2.20. The van der Waals surface area contributed by atoms with Gasteiger partial charge in [-0.3, -0.25) is 9.59 Å². The van der Waals surface area contributed by atoms with Gasteiger partial charge in [-0.2, -0.15) is 0 Å². The molecule has 0 aliphatic carbocycles. The Bertz CT molecular complexity index is 655. The number of carboxylic acid groups (broad SMARTS) is 1. The van der Waals surface area contributed by atoms with E-state index in [2.05, 4.69) is 5.32 Å². The lowest BCUT2D eigenvalue weighted by atomic mass is 10.1. The van der Waals surface area contributed by atoms with Gasteiger partial charge in [-0.15, -0.1) is 12.4 Å². The van der Waals surface area contributed by atoms with Gasteiger partial charge in [-0.25, -0.2) is 0 Å². The molecule has 1 aliphatic rings. The van der Waals surface area contributed by atoms with Gasteiger partial charge >= 0.3 is 5.97 Å². The molecule has 1 aliphatic heterocycles. The van der Waals surface area contributed by atoms with Crippen LogP contribution in [0.5, 0.6) is 0 Å². The lowest BCUT2D eigenvalue weighted by Crippen LogP contribution is -2.29. The molecular weight excluding hydrogens is 304 g/mol. The summed E-state index contributed by atoms with van der Waals surface area (Å²) in [7, 11) is 0. The smallest absolute Gasteiger partial charge is 0.320 e. The molecule has 1 atom stereocenters. The number of benzene rings is 2. The summed E-state index contributed by atoms with van der Waals surface area (Å²) in [6.07, 6.45) is 1.78. The summed E-state index contributed by atoms with van der Waals surface area (Å²) < 4.78 is 0. The molecule has 0 spiro atoms. The van der Waals surface area contributed by atoms with Crippen LogP contribution in [0.4, 0.5) is 0 Å². The summed E-state index contributed by atoms with van der Waals surface area (Å²) >= 11 is 0. The molecular formula is C16H19ClN2O3. The normalized spacial score (nSPS) is 16.3. The van der Waals surface area contributed by atoms with Crippen molar-refractivity contribution in [2.45, 2.75) is 18.9 Å². The standard InChI is InChI=1S/C11H9NO.C5H9NO2.ClH/c12-11(13)10-6-5-8-3-1-2-4-9(8)7-10;7-5(8)4-2-1-3-6-4;/h1-7H,(H2,12,13);4,6H,1-3H2,(H,7,8);1H/t;4-;/m.0./s1. The molecule has 5 nitrogen and oxygen atoms in total. The van der Waals surface area contributed by atoms with E-state index in [9.17, 15) is 9.59 Å². The summed E-state index contributed by atoms with van der Waals surface area (Å²) in [5.41, 5.74) is 5.72. The predicted octanol–water partition coefficient (Wildman–Crippen LogP) is 2.18. The molecule has 0 bridgehead atoms. The first-order chi connectivity index (χ1) is 10.1.